The van der Waals surface area contributed by atoms with Crippen molar-refractivity contribution < 1.29 is 0 Å². The second-order valence-corrected chi connectivity index (χ2v) is 6.71. The summed E-state index contributed by atoms with van der Waals surface area (Å²) in [5.41, 5.74) is 6.33. The average Bonchev–Trinajstić information content (AvgIpc) is 3.15. The van der Waals surface area contributed by atoms with Crippen LogP contribution in [0, 0.1) is 23.7 Å². The molecule has 0 amide bonds. The molecule has 0 aromatic carbocycles. The van der Waals surface area contributed by atoms with E-state index in [1.165, 1.54) is 38.6 Å². The van der Waals surface area contributed by atoms with Crippen LogP contribution in [0.1, 0.15) is 52.9 Å². The molecule has 0 aromatic rings. The monoisotopic (exact) mass is 238 g/mol. The van der Waals surface area contributed by atoms with Gasteiger partial charge in [-0.25, -0.2) is 0 Å². The van der Waals surface area contributed by atoms with Crippen LogP contribution in [0.25, 0.3) is 0 Å². The predicted molar refractivity (Wildman–Crippen MR) is 73.9 cm³/mol. The molecule has 2 fully saturated rings. The molecular weight excluding hydrogens is 208 g/mol. The minimum Gasteiger partial charge on any atom is -0.329 e. The number of hydrogen-bond donors (Lipinski definition) is 2. The van der Waals surface area contributed by atoms with Crippen LogP contribution >= 0.6 is 0 Å². The molecule has 2 nitrogen and oxygen atoms in total. The summed E-state index contributed by atoms with van der Waals surface area (Å²) in [5, 5.41) is 3.86. The molecule has 0 spiro atoms. The molecule has 4 unspecified atom stereocenters. The lowest BCUT2D eigenvalue weighted by atomic mass is 9.68. The third-order valence-corrected chi connectivity index (χ3v) is 5.57. The summed E-state index contributed by atoms with van der Waals surface area (Å²) in [5.74, 6) is 3.36. The molecule has 2 aliphatic carbocycles. The summed E-state index contributed by atoms with van der Waals surface area (Å²) in [7, 11) is 0. The average molecular weight is 238 g/mol. The van der Waals surface area contributed by atoms with Gasteiger partial charge in [0.1, 0.15) is 0 Å². The van der Waals surface area contributed by atoms with Gasteiger partial charge in [0.25, 0.3) is 0 Å². The Morgan fingerprint density at radius 3 is 2.59 bits per heavy atom. The summed E-state index contributed by atoms with van der Waals surface area (Å²) in [6.07, 6.45) is 6.89. The van der Waals surface area contributed by atoms with Gasteiger partial charge in [-0.2, -0.15) is 0 Å². The van der Waals surface area contributed by atoms with Gasteiger partial charge in [-0.05, 0) is 49.5 Å². The Labute approximate surface area is 107 Å². The molecule has 2 heteroatoms. The molecular formula is C15H30N2. The van der Waals surface area contributed by atoms with Gasteiger partial charge in [0.05, 0.1) is 0 Å². The van der Waals surface area contributed by atoms with Crippen LogP contribution in [-0.4, -0.2) is 18.6 Å². The number of nitrogens with one attached hydrogen (secondary N) is 1. The van der Waals surface area contributed by atoms with Crippen LogP contribution in [0.5, 0.6) is 0 Å². The molecule has 0 aromatic heterocycles. The van der Waals surface area contributed by atoms with E-state index in [0.717, 1.165) is 24.3 Å². The normalized spacial score (nSPS) is 40.2. The van der Waals surface area contributed by atoms with Gasteiger partial charge in [0.2, 0.25) is 0 Å². The van der Waals surface area contributed by atoms with Crippen LogP contribution in [0.15, 0.2) is 0 Å². The first-order chi connectivity index (χ1) is 8.09. The van der Waals surface area contributed by atoms with Crippen LogP contribution in [0.4, 0.5) is 0 Å². The lowest BCUT2D eigenvalue weighted by Gasteiger charge is -2.46. The van der Waals surface area contributed by atoms with E-state index < -0.39 is 0 Å². The van der Waals surface area contributed by atoms with E-state index in [0.29, 0.717) is 5.92 Å². The smallest absolute Gasteiger partial charge is 0.0332 e. The molecule has 2 saturated carbocycles. The van der Waals surface area contributed by atoms with Crippen molar-refractivity contribution in [3.05, 3.63) is 0 Å². The maximum absolute atomic E-state index is 6.11. The molecule has 17 heavy (non-hydrogen) atoms. The second kappa shape index (κ2) is 5.27. The lowest BCUT2D eigenvalue weighted by molar-refractivity contribution is 0.106. The minimum atomic E-state index is 0.223. The predicted octanol–water partition coefficient (Wildman–Crippen LogP) is 2.78. The zero-order valence-corrected chi connectivity index (χ0v) is 11.8. The van der Waals surface area contributed by atoms with Crippen LogP contribution in [0.2, 0.25) is 0 Å². The van der Waals surface area contributed by atoms with E-state index in [-0.39, 0.29) is 5.54 Å². The highest BCUT2D eigenvalue weighted by Gasteiger charge is 2.40. The zero-order valence-electron chi connectivity index (χ0n) is 11.8. The Kier molecular flexibility index (Phi) is 4.14. The molecule has 3 N–H and O–H groups in total. The third-order valence-electron chi connectivity index (χ3n) is 5.57. The third kappa shape index (κ3) is 2.85. The summed E-state index contributed by atoms with van der Waals surface area (Å²) in [6.45, 7) is 9.15. The number of rotatable bonds is 5. The quantitative estimate of drug-likeness (QED) is 0.773. The van der Waals surface area contributed by atoms with Gasteiger partial charge in [-0.3, -0.25) is 0 Å². The maximum atomic E-state index is 6.11. The zero-order chi connectivity index (χ0) is 12.5. The summed E-state index contributed by atoms with van der Waals surface area (Å²) < 4.78 is 0. The van der Waals surface area contributed by atoms with E-state index in [1.54, 1.807) is 0 Å². The Bertz CT molecular complexity index is 249. The molecule has 0 heterocycles. The van der Waals surface area contributed by atoms with E-state index >= 15 is 0 Å². The van der Waals surface area contributed by atoms with E-state index in [1.807, 2.05) is 0 Å². The van der Waals surface area contributed by atoms with Crippen molar-refractivity contribution in [3.8, 4) is 0 Å². The topological polar surface area (TPSA) is 38.0 Å². The van der Waals surface area contributed by atoms with Gasteiger partial charge >= 0.3 is 0 Å². The lowest BCUT2D eigenvalue weighted by Crippen LogP contribution is -2.59. The fraction of sp³-hybridized carbons (Fsp3) is 1.00. The molecule has 2 rings (SSSR count). The van der Waals surface area contributed by atoms with E-state index in [9.17, 15) is 0 Å². The van der Waals surface area contributed by atoms with Crippen LogP contribution < -0.4 is 11.1 Å². The molecule has 0 bridgehead atoms. The van der Waals surface area contributed by atoms with Crippen molar-refractivity contribution in [2.24, 2.45) is 29.4 Å². The van der Waals surface area contributed by atoms with Gasteiger partial charge in [0.15, 0.2) is 0 Å². The molecule has 2 aliphatic rings. The van der Waals surface area contributed by atoms with Crippen LogP contribution in [0.3, 0.4) is 0 Å². The Balaban J connectivity index is 1.92. The van der Waals surface area contributed by atoms with E-state index in [2.05, 4.69) is 26.1 Å². The SMILES string of the molecule is CC(CNC1(CN)CCCC(C)C1C)C1CC1. The fourth-order valence-electron chi connectivity index (χ4n) is 3.57. The highest BCUT2D eigenvalue weighted by Crippen LogP contribution is 2.39. The van der Waals surface area contributed by atoms with Crippen LogP contribution in [-0.2, 0) is 0 Å². The number of hydrogen-bond acceptors (Lipinski definition) is 2. The van der Waals surface area contributed by atoms with Gasteiger partial charge in [0, 0.05) is 12.1 Å². The van der Waals surface area contributed by atoms with Crippen molar-refractivity contribution in [1.82, 2.24) is 5.32 Å². The van der Waals surface area contributed by atoms with Crippen molar-refractivity contribution in [1.29, 1.82) is 0 Å². The standard InChI is InChI=1S/C15H30N2/c1-11-5-4-8-15(10-16,13(11)3)17-9-12(2)14-6-7-14/h11-14,17H,4-10,16H2,1-3H3. The molecule has 0 radical (unpaired) electrons. The molecule has 0 aliphatic heterocycles. The first-order valence-corrected chi connectivity index (χ1v) is 7.54. The highest BCUT2D eigenvalue weighted by molar-refractivity contribution is 4.99. The largest absolute Gasteiger partial charge is 0.329 e. The molecule has 0 saturated heterocycles. The minimum absolute atomic E-state index is 0.223. The van der Waals surface area contributed by atoms with Crippen molar-refractivity contribution in [2.75, 3.05) is 13.1 Å². The highest BCUT2D eigenvalue weighted by atomic mass is 15.0. The summed E-state index contributed by atoms with van der Waals surface area (Å²) in [6, 6.07) is 0. The summed E-state index contributed by atoms with van der Waals surface area (Å²) >= 11 is 0. The Morgan fingerprint density at radius 2 is 2.00 bits per heavy atom. The molecule has 100 valence electrons. The van der Waals surface area contributed by atoms with Gasteiger partial charge in [-0.1, -0.05) is 33.6 Å². The maximum Gasteiger partial charge on any atom is 0.0332 e. The fourth-order valence-corrected chi connectivity index (χ4v) is 3.57. The number of nitrogens with two attached hydrogens (primary N) is 1. The second-order valence-electron chi connectivity index (χ2n) is 6.71. The van der Waals surface area contributed by atoms with Gasteiger partial charge in [-0.15, -0.1) is 0 Å². The summed E-state index contributed by atoms with van der Waals surface area (Å²) in [4.78, 5) is 0. The van der Waals surface area contributed by atoms with Gasteiger partial charge < -0.3 is 11.1 Å². The first kappa shape index (κ1) is 13.4. The van der Waals surface area contributed by atoms with Crippen molar-refractivity contribution in [2.45, 2.75) is 58.4 Å². The van der Waals surface area contributed by atoms with E-state index in [4.69, 9.17) is 5.73 Å². The first-order valence-electron chi connectivity index (χ1n) is 7.54. The van der Waals surface area contributed by atoms with Crippen molar-refractivity contribution >= 4 is 0 Å². The Morgan fingerprint density at radius 1 is 1.29 bits per heavy atom. The molecule has 4 atom stereocenters. The Hall–Kier alpha value is -0.0800. The van der Waals surface area contributed by atoms with Crippen molar-refractivity contribution in [3.63, 3.8) is 0 Å².